The zero-order chi connectivity index (χ0) is 52.4. The van der Waals surface area contributed by atoms with Gasteiger partial charge in [0.2, 0.25) is 5.69 Å². The van der Waals surface area contributed by atoms with Crippen molar-refractivity contribution in [2.45, 2.75) is 6.92 Å². The smallest absolute Gasteiger partial charge is 0.413 e. The topological polar surface area (TPSA) is 236 Å². The largest absolute Gasteiger partial charge is 0.634 e. The summed E-state index contributed by atoms with van der Waals surface area (Å²) in [6.07, 6.45) is 0. The number of hydrogen-bond acceptors (Lipinski definition) is 10. The van der Waals surface area contributed by atoms with Crippen LogP contribution in [0.5, 0.6) is 0 Å². The van der Waals surface area contributed by atoms with Gasteiger partial charge in [0.05, 0.1) is 97.1 Å². The van der Waals surface area contributed by atoms with Gasteiger partial charge in [0.1, 0.15) is 0 Å². The maximum absolute atomic E-state index is 11.2. The Labute approximate surface area is 421 Å². The monoisotopic (exact) mass is 931 g/mol. The second-order valence-electron chi connectivity index (χ2n) is 16.6. The van der Waals surface area contributed by atoms with Crippen molar-refractivity contribution in [2.24, 2.45) is 0 Å². The average molecular weight is 931 g/mol. The number of rotatable bonds is 3. The lowest BCUT2D eigenvalue weighted by Gasteiger charge is -2.17. The number of aryl methyl sites for hydroxylation is 1. The fourth-order valence-corrected chi connectivity index (χ4v) is 10.5. The van der Waals surface area contributed by atoms with Gasteiger partial charge in [0.15, 0.2) is 40.2 Å². The summed E-state index contributed by atoms with van der Waals surface area (Å²) in [5, 5.41) is 74.9. The lowest BCUT2D eigenvalue weighted by Crippen LogP contribution is -2.40. The molecular formula is C54H12B3N17. The standard InChI is InChI=1S/C54H12B3N17/c1-25-9-26(18-58)10-31-36-17-39(66-3)44(38(23-63)46(36)55(24-64)45(25)31)54-73-52(42-28(20-60)13-33-35-15-30(65-2)16-41(68-5)49(35)56(70-7)47(33)37(42)22-62)72-53(74-54)43-29(21-61)14-34-32-11-27(19-59)12-40(67-4)48(32)57(71-8)50(34)51(43)69-6/h9-17H,1H3. The molecule has 3 aliphatic rings. The van der Waals surface area contributed by atoms with Crippen LogP contribution in [-0.4, -0.2) is 35.4 Å². The van der Waals surface area contributed by atoms with Gasteiger partial charge in [-0.25, -0.2) is 44.4 Å². The third kappa shape index (κ3) is 6.02. The Kier molecular flexibility index (Phi) is 10.3. The number of nitrogens with zero attached hydrogens (tertiary/aromatic N) is 17. The Morgan fingerprint density at radius 3 is 1.45 bits per heavy atom. The maximum Gasteiger partial charge on any atom is 0.634 e. The lowest BCUT2D eigenvalue weighted by atomic mass is 9.42. The fraction of sp³-hybridized carbons (Fsp3) is 0.0185. The van der Waals surface area contributed by atoms with E-state index in [1.807, 2.05) is 6.07 Å². The molecule has 0 aliphatic carbocycles. The van der Waals surface area contributed by atoms with Crippen LogP contribution < -0.4 is 32.8 Å². The van der Waals surface area contributed by atoms with E-state index in [0.29, 0.717) is 22.2 Å². The fourth-order valence-electron chi connectivity index (χ4n) is 10.5. The highest BCUT2D eigenvalue weighted by Gasteiger charge is 2.50. The molecule has 7 aromatic rings. The van der Waals surface area contributed by atoms with Crippen molar-refractivity contribution in [3.05, 3.63) is 173 Å². The quantitative estimate of drug-likeness (QED) is 0.132. The zero-order valence-electron chi connectivity index (χ0n) is 37.5. The average Bonchev–Trinajstić information content (AvgIpc) is 4.07. The highest BCUT2D eigenvalue weighted by atomic mass is 15.0. The molecule has 74 heavy (non-hydrogen) atoms. The predicted molar refractivity (Wildman–Crippen MR) is 271 cm³/mol. The molecule has 0 N–H and O–H groups in total. The van der Waals surface area contributed by atoms with Crippen LogP contribution in [0, 0.1) is 132 Å². The molecule has 0 radical (unpaired) electrons. The minimum atomic E-state index is -1.30. The lowest BCUT2D eigenvalue weighted by molar-refractivity contribution is 1.07. The molecular weight excluding hydrogens is 919 g/mol. The van der Waals surface area contributed by atoms with Crippen molar-refractivity contribution in [1.82, 2.24) is 15.0 Å². The molecule has 0 unspecified atom stereocenters. The summed E-state index contributed by atoms with van der Waals surface area (Å²) in [6.45, 7) is 55.4. The van der Waals surface area contributed by atoms with Gasteiger partial charge in [-0.1, -0.05) is 17.7 Å². The molecule has 0 spiro atoms. The Hall–Kier alpha value is -12.6. The molecule has 10 rings (SSSR count). The molecule has 20 heteroatoms. The molecule has 0 fully saturated rings. The molecule has 0 atom stereocenters. The van der Waals surface area contributed by atoms with Crippen molar-refractivity contribution < 1.29 is 0 Å². The molecule has 0 saturated heterocycles. The van der Waals surface area contributed by atoms with Crippen LogP contribution in [0.1, 0.15) is 38.9 Å². The van der Waals surface area contributed by atoms with Crippen LogP contribution in [0.4, 0.5) is 28.4 Å². The van der Waals surface area contributed by atoms with Crippen LogP contribution in [0.2, 0.25) is 0 Å². The third-order valence-corrected chi connectivity index (χ3v) is 13.3. The summed E-state index contributed by atoms with van der Waals surface area (Å²) in [6, 6.07) is 25.5. The first-order valence-corrected chi connectivity index (χ1v) is 21.3. The van der Waals surface area contributed by atoms with E-state index >= 15 is 0 Å². The number of hydrogen-bond donors (Lipinski definition) is 0. The second kappa shape index (κ2) is 16.9. The summed E-state index contributed by atoms with van der Waals surface area (Å²) in [5.41, 5.74) is 1.48. The van der Waals surface area contributed by atoms with E-state index in [1.54, 1.807) is 19.1 Å². The first kappa shape index (κ1) is 45.2. The van der Waals surface area contributed by atoms with E-state index in [2.05, 4.69) is 70.1 Å². The molecule has 322 valence electrons. The molecule has 3 aliphatic heterocycles. The van der Waals surface area contributed by atoms with E-state index in [4.69, 9.17) is 61.0 Å². The van der Waals surface area contributed by atoms with Crippen molar-refractivity contribution in [1.29, 1.82) is 36.8 Å². The molecule has 0 amide bonds. The normalized spacial score (nSPS) is 11.0. The summed E-state index contributed by atoms with van der Waals surface area (Å²) in [5.74, 6) is 0.876. The summed E-state index contributed by atoms with van der Waals surface area (Å²) >= 11 is 0. The van der Waals surface area contributed by atoms with Crippen LogP contribution in [-0.2, 0) is 0 Å². The zero-order valence-corrected chi connectivity index (χ0v) is 37.5. The first-order valence-electron chi connectivity index (χ1n) is 21.3. The third-order valence-electron chi connectivity index (χ3n) is 13.3. The Balaban J connectivity index is 1.36. The van der Waals surface area contributed by atoms with Gasteiger partial charge in [-0.3, -0.25) is 13.1 Å². The summed E-state index contributed by atoms with van der Waals surface area (Å²) in [7, 11) is 0. The SMILES string of the molecule is [C-]#[N+]B1c2c([N+]#[C-])cc([N+]#[C-])cc2-c2cc(C#N)c(-c3nc(-c4c([N+]#[C-])cc5c(c4C#N)B(C#N)c4c(C)cc(C#N)cc4-5)nc(-c4c(C#N)cc5c(c4[N+]#[C-])B([N+]#[C-])c4c([N+]#[C-])cc(C#N)cc4-5)n3)c(C#N)c21. The maximum atomic E-state index is 11.2. The van der Waals surface area contributed by atoms with Gasteiger partial charge in [0, 0.05) is 50.1 Å². The van der Waals surface area contributed by atoms with Crippen LogP contribution in [0.15, 0.2) is 54.6 Å². The van der Waals surface area contributed by atoms with Crippen molar-refractivity contribution in [3.63, 3.8) is 0 Å². The number of benzene rings is 6. The molecule has 4 heterocycles. The number of fused-ring (bicyclic) bond motifs is 9. The Bertz CT molecular complexity index is 4400. The van der Waals surface area contributed by atoms with Gasteiger partial charge in [-0.2, -0.15) is 31.6 Å². The van der Waals surface area contributed by atoms with Crippen LogP contribution >= 0.6 is 0 Å². The molecule has 0 saturated carbocycles. The van der Waals surface area contributed by atoms with E-state index in [1.165, 1.54) is 42.5 Å². The minimum absolute atomic E-state index is 0.0249. The predicted octanol–water partition coefficient (Wildman–Crippen LogP) is 6.83. The Morgan fingerprint density at radius 1 is 0.419 bits per heavy atom. The highest BCUT2D eigenvalue weighted by Crippen LogP contribution is 2.44. The molecule has 6 aromatic carbocycles. The van der Waals surface area contributed by atoms with E-state index < -0.39 is 37.9 Å². The number of aromatic nitrogens is 3. The highest BCUT2D eigenvalue weighted by molar-refractivity contribution is 6.96. The van der Waals surface area contributed by atoms with Gasteiger partial charge in [-0.15, -0.1) is 0 Å². The summed E-state index contributed by atoms with van der Waals surface area (Å²) < 4.78 is 7.65. The van der Waals surface area contributed by atoms with Gasteiger partial charge in [0.25, 0.3) is 0 Å². The van der Waals surface area contributed by atoms with Crippen LogP contribution in [0.25, 0.3) is 101 Å². The summed E-state index contributed by atoms with van der Waals surface area (Å²) in [4.78, 5) is 32.7. The van der Waals surface area contributed by atoms with E-state index in [9.17, 15) is 36.8 Å². The van der Waals surface area contributed by atoms with Crippen molar-refractivity contribution in [2.75, 3.05) is 0 Å². The molecule has 17 nitrogen and oxygen atoms in total. The Morgan fingerprint density at radius 2 is 0.905 bits per heavy atom. The molecule has 0 bridgehead atoms. The van der Waals surface area contributed by atoms with E-state index in [0.717, 1.165) is 0 Å². The van der Waals surface area contributed by atoms with Crippen molar-refractivity contribution >= 4 is 81.6 Å². The van der Waals surface area contributed by atoms with E-state index in [-0.39, 0.29) is 128 Å². The van der Waals surface area contributed by atoms with Crippen LogP contribution in [0.3, 0.4) is 0 Å². The second-order valence-corrected chi connectivity index (χ2v) is 16.6. The van der Waals surface area contributed by atoms with Gasteiger partial charge in [-0.05, 0) is 93.7 Å². The molecule has 1 aromatic heterocycles. The van der Waals surface area contributed by atoms with Gasteiger partial charge >= 0.3 is 20.4 Å². The van der Waals surface area contributed by atoms with Crippen molar-refractivity contribution in [3.8, 4) is 110 Å². The number of nitriles is 7. The minimum Gasteiger partial charge on any atom is -0.413 e. The van der Waals surface area contributed by atoms with Gasteiger partial charge < -0.3 is 9.51 Å². The first-order chi connectivity index (χ1) is 36.0.